The van der Waals surface area contributed by atoms with E-state index in [0.717, 1.165) is 18.4 Å². The second kappa shape index (κ2) is 25.1. The molecule has 4 heterocycles. The molecule has 0 radical (unpaired) electrons. The van der Waals surface area contributed by atoms with Crippen LogP contribution >= 0.6 is 0 Å². The van der Waals surface area contributed by atoms with Gasteiger partial charge in [-0.15, -0.1) is 5.10 Å². The molecule has 1 unspecified atom stereocenters. The van der Waals surface area contributed by atoms with Crippen molar-refractivity contribution in [2.24, 2.45) is 35.5 Å². The second-order valence-corrected chi connectivity index (χ2v) is 20.4. The number of ketones is 2. The smallest absolute Gasteiger partial charge is 0.329 e. The van der Waals surface area contributed by atoms with Crippen molar-refractivity contribution in [1.29, 1.82) is 0 Å². The number of allylic oxidation sites excluding steroid dienone is 7. The van der Waals surface area contributed by atoms with Gasteiger partial charge in [0.2, 0.25) is 5.79 Å². The van der Waals surface area contributed by atoms with Crippen LogP contribution in [0.5, 0.6) is 0 Å². The van der Waals surface area contributed by atoms with Crippen LogP contribution in [0.15, 0.2) is 60.0 Å². The number of fused-ring (bicyclic) bond motifs is 3. The van der Waals surface area contributed by atoms with Gasteiger partial charge in [-0.25, -0.2) is 9.48 Å². The first-order valence-corrected chi connectivity index (χ1v) is 24.8. The monoisotopic (exact) mass is 937 g/mol. The fraction of sp³-hybridized carbons (Fsp3) is 0.731. The number of esters is 1. The summed E-state index contributed by atoms with van der Waals surface area (Å²) >= 11 is 0. The van der Waals surface area contributed by atoms with E-state index >= 15 is 0 Å². The minimum absolute atomic E-state index is 0.0504. The van der Waals surface area contributed by atoms with Crippen LogP contribution in [0.4, 0.5) is 0 Å². The number of methoxy groups -OCH3 is 2. The number of hydrogen-bond acceptors (Lipinski definition) is 13. The Hall–Kier alpha value is -3.86. The maximum Gasteiger partial charge on any atom is 0.329 e. The number of aliphatic hydroxyl groups excluding tert-OH is 2. The molecule has 0 spiro atoms. The predicted molar refractivity (Wildman–Crippen MR) is 253 cm³/mol. The summed E-state index contributed by atoms with van der Waals surface area (Å²) in [6.07, 6.45) is 18.1. The number of amides is 1. The summed E-state index contributed by atoms with van der Waals surface area (Å²) < 4.78 is 25.7. The maximum atomic E-state index is 14.4. The van der Waals surface area contributed by atoms with E-state index in [-0.39, 0.29) is 54.1 Å². The third kappa shape index (κ3) is 14.1. The Morgan fingerprint density at radius 3 is 2.31 bits per heavy atom. The zero-order valence-corrected chi connectivity index (χ0v) is 41.5. The van der Waals surface area contributed by atoms with Crippen LogP contribution < -0.4 is 0 Å². The lowest BCUT2D eigenvalue weighted by atomic mass is 9.78. The Morgan fingerprint density at radius 1 is 0.851 bits per heavy atom. The number of piperidine rings is 1. The van der Waals surface area contributed by atoms with Gasteiger partial charge < -0.3 is 39.2 Å². The largest absolute Gasteiger partial charge is 0.461 e. The molecule has 4 aliphatic rings. The summed E-state index contributed by atoms with van der Waals surface area (Å²) in [4.78, 5) is 58.2. The molecule has 15 heteroatoms. The van der Waals surface area contributed by atoms with Crippen LogP contribution in [-0.4, -0.2) is 128 Å². The summed E-state index contributed by atoms with van der Waals surface area (Å²) in [6.45, 7) is 13.6. The highest BCUT2D eigenvalue weighted by Crippen LogP contribution is 2.39. The Balaban J connectivity index is 1.47. The fourth-order valence-electron chi connectivity index (χ4n) is 10.7. The fourth-order valence-corrected chi connectivity index (χ4v) is 10.7. The molecule has 3 aliphatic heterocycles. The molecule has 15 atom stereocenters. The molecule has 15 nitrogen and oxygen atoms in total. The van der Waals surface area contributed by atoms with Gasteiger partial charge in [0.1, 0.15) is 24.4 Å². The molecule has 1 aromatic heterocycles. The number of aromatic nitrogens is 3. The molecule has 374 valence electrons. The lowest BCUT2D eigenvalue weighted by Gasteiger charge is -2.43. The van der Waals surface area contributed by atoms with Gasteiger partial charge in [-0.2, -0.15) is 0 Å². The number of ether oxygens (including phenoxy) is 4. The average molecular weight is 937 g/mol. The summed E-state index contributed by atoms with van der Waals surface area (Å²) in [5, 5.41) is 42.4. The van der Waals surface area contributed by atoms with Gasteiger partial charge in [0, 0.05) is 45.2 Å². The second-order valence-electron chi connectivity index (χ2n) is 20.4. The molecule has 1 saturated carbocycles. The van der Waals surface area contributed by atoms with Gasteiger partial charge in [-0.3, -0.25) is 14.4 Å². The highest BCUT2D eigenvalue weighted by Gasteiger charge is 2.53. The lowest BCUT2D eigenvalue weighted by Crippen LogP contribution is -2.60. The van der Waals surface area contributed by atoms with Crippen molar-refractivity contribution in [2.45, 2.75) is 186 Å². The molecule has 2 saturated heterocycles. The normalized spacial score (nSPS) is 39.5. The van der Waals surface area contributed by atoms with Crippen LogP contribution in [0.2, 0.25) is 0 Å². The van der Waals surface area contributed by atoms with Crippen molar-refractivity contribution in [3.8, 4) is 0 Å². The van der Waals surface area contributed by atoms with Crippen molar-refractivity contribution >= 4 is 23.4 Å². The Kier molecular flexibility index (Phi) is 20.3. The van der Waals surface area contributed by atoms with Crippen LogP contribution in [0.3, 0.4) is 0 Å². The number of carbonyl (C=O) groups is 4. The third-order valence-electron chi connectivity index (χ3n) is 15.0. The Morgan fingerprint density at radius 2 is 1.61 bits per heavy atom. The van der Waals surface area contributed by atoms with Gasteiger partial charge in [0.25, 0.3) is 11.7 Å². The van der Waals surface area contributed by atoms with Gasteiger partial charge in [-0.1, -0.05) is 76.3 Å². The van der Waals surface area contributed by atoms with Crippen molar-refractivity contribution < 1.29 is 53.4 Å². The van der Waals surface area contributed by atoms with Crippen molar-refractivity contribution in [2.75, 3.05) is 20.8 Å². The van der Waals surface area contributed by atoms with Gasteiger partial charge >= 0.3 is 5.97 Å². The number of nitrogens with zero attached hydrogens (tertiary/aromatic N) is 4. The first-order valence-electron chi connectivity index (χ1n) is 24.8. The van der Waals surface area contributed by atoms with E-state index in [1.165, 1.54) is 12.0 Å². The first kappa shape index (κ1) is 54.1. The van der Waals surface area contributed by atoms with Crippen molar-refractivity contribution in [3.05, 3.63) is 60.0 Å². The molecule has 3 fully saturated rings. The Bertz CT molecular complexity index is 1920. The number of cyclic esters (lactones) is 1. The summed E-state index contributed by atoms with van der Waals surface area (Å²) in [7, 11) is 3.05. The van der Waals surface area contributed by atoms with Gasteiger partial charge in [-0.05, 0) is 126 Å². The molecular formula is C52H80N4O11. The minimum atomic E-state index is -2.41. The van der Waals surface area contributed by atoms with Crippen LogP contribution in [0.25, 0.3) is 0 Å². The summed E-state index contributed by atoms with van der Waals surface area (Å²) in [6, 6.07) is -1.38. The van der Waals surface area contributed by atoms with E-state index < -0.39 is 65.9 Å². The van der Waals surface area contributed by atoms with E-state index in [9.17, 15) is 34.5 Å². The summed E-state index contributed by atoms with van der Waals surface area (Å²) in [5.74, 6) is -6.23. The van der Waals surface area contributed by atoms with Crippen molar-refractivity contribution in [1.82, 2.24) is 19.9 Å². The van der Waals surface area contributed by atoms with Crippen LogP contribution in [-0.2, 0) is 38.1 Å². The zero-order chi connectivity index (χ0) is 49.0. The van der Waals surface area contributed by atoms with Crippen molar-refractivity contribution in [3.63, 3.8) is 0 Å². The SMILES string of the molecule is CO[C@@H]1C[C@H](C[C@@H](C)[C@@H]2CC[C@H](C)/C=C(\C)[C@@H](O)[C@@H](OC)C(=O)[C@H](C)C[C@H](C)/C=C/C=C/C=C(\C)C(n3ccnn3)C[C@@H]3CC[C@@H](C)[C@@](O)(O3)C(=O)C(=O)N3CCCC[C@H]3C(=O)O2)CC[C@H]1O. The molecule has 3 N–H and O–H groups in total. The number of hydrogen-bond donors (Lipinski definition) is 3. The highest BCUT2D eigenvalue weighted by atomic mass is 16.6. The standard InChI is InChI=1S/C52H80N4O11/c1-32-15-11-10-12-16-34(3)42(56-26-24-53-54-56)31-40-21-19-38(7)52(63,67-40)49(60)50(61)55-25-14-13-17-41(55)51(62)66-44(35(4)29-39-20-22-43(57)45(30-39)64-8)23-18-33(2)28-37(6)47(59)48(65-9)46(58)36(5)27-32/h10-12,15-16,24,26,28,32-33,35-36,38-45,47-48,57,59,63H,13-14,17-23,25,27,29-31H2,1-9H3/b12-10+,15-11+,34-16+,37-28+/t32-,33+,35-,36-,38-,39+,40+,41+,42?,43-,44+,45-,47-,48+,52-/m1/s1. The molecular weight excluding hydrogens is 857 g/mol. The van der Waals surface area contributed by atoms with E-state index in [1.54, 1.807) is 38.0 Å². The van der Waals surface area contributed by atoms with E-state index in [1.807, 2.05) is 64.2 Å². The zero-order valence-electron chi connectivity index (χ0n) is 41.5. The summed E-state index contributed by atoms with van der Waals surface area (Å²) in [5.41, 5.74) is 1.52. The van der Waals surface area contributed by atoms with E-state index in [4.69, 9.17) is 18.9 Å². The molecule has 1 aliphatic carbocycles. The number of aliphatic hydroxyl groups is 3. The molecule has 1 amide bonds. The number of carbonyl (C=O) groups excluding carboxylic acids is 4. The first-order chi connectivity index (χ1) is 31.9. The molecule has 2 bridgehead atoms. The Labute approximate surface area is 398 Å². The van der Waals surface area contributed by atoms with Crippen LogP contribution in [0.1, 0.15) is 138 Å². The maximum absolute atomic E-state index is 14.4. The van der Waals surface area contributed by atoms with Crippen LogP contribution in [0, 0.1) is 35.5 Å². The third-order valence-corrected chi connectivity index (χ3v) is 15.0. The topological polar surface area (TPSA) is 200 Å². The number of Topliss-reactive ketones (excluding diaryl/α,β-unsaturated/α-hetero) is 2. The van der Waals surface area contributed by atoms with Gasteiger partial charge in [0.15, 0.2) is 5.78 Å². The quantitative estimate of drug-likeness (QED) is 0.153. The lowest BCUT2D eigenvalue weighted by molar-refractivity contribution is -0.264. The molecule has 0 aromatic carbocycles. The average Bonchev–Trinajstić information content (AvgIpc) is 3.85. The number of rotatable bonds is 6. The molecule has 5 rings (SSSR count). The van der Waals surface area contributed by atoms with Gasteiger partial charge in [0.05, 0.1) is 30.6 Å². The van der Waals surface area contributed by atoms with E-state index in [0.29, 0.717) is 76.2 Å². The predicted octanol–water partition coefficient (Wildman–Crippen LogP) is 6.82. The van der Waals surface area contributed by atoms with E-state index in [2.05, 4.69) is 17.2 Å². The molecule has 67 heavy (non-hydrogen) atoms. The minimum Gasteiger partial charge on any atom is -0.461 e. The molecule has 1 aromatic rings. The highest BCUT2D eigenvalue weighted by molar-refractivity contribution is 6.39.